The van der Waals surface area contributed by atoms with Gasteiger partial charge in [-0.3, -0.25) is 19.2 Å². The molecule has 1 aliphatic heterocycles. The van der Waals surface area contributed by atoms with Crippen molar-refractivity contribution in [3.63, 3.8) is 0 Å². The lowest BCUT2D eigenvalue weighted by atomic mass is 9.36. The number of ether oxygens (including phenoxy) is 3. The Labute approximate surface area is 222 Å². The lowest BCUT2D eigenvalue weighted by Crippen LogP contribution is -2.75. The molecule has 1 aromatic rings. The number of rotatable bonds is 3. The Kier molecular flexibility index (Phi) is 5.01. The van der Waals surface area contributed by atoms with Gasteiger partial charge in [-0.15, -0.1) is 0 Å². The summed E-state index contributed by atoms with van der Waals surface area (Å²) in [6, 6.07) is 1.84. The SMILES string of the molecule is CC(=O)O[C@H]1[C@@H](OC(C)=O)[C@]2(C)[C@@H](CC[C@]3(C)[C@H](c4ccoc4)C(=O)[C@H]4O[C@@]423)[C@@]2(C)C=CC(=O)C(C)(C)[C@H]12. The number of carbonyl (C=O) groups excluding carboxylic acids is 4. The number of hydrogen-bond acceptors (Lipinski definition) is 8. The number of epoxide rings is 1. The van der Waals surface area contributed by atoms with Crippen molar-refractivity contribution in [2.45, 2.75) is 91.1 Å². The molecule has 8 nitrogen and oxygen atoms in total. The maximum atomic E-state index is 13.9. The number of carbonyl (C=O) groups is 4. The summed E-state index contributed by atoms with van der Waals surface area (Å²) in [6.07, 6.45) is 5.77. The lowest BCUT2D eigenvalue weighted by molar-refractivity contribution is -0.272. The van der Waals surface area contributed by atoms with Crippen LogP contribution in [0.1, 0.15) is 72.8 Å². The molecule has 3 saturated carbocycles. The topological polar surface area (TPSA) is 112 Å². The van der Waals surface area contributed by atoms with E-state index in [0.717, 1.165) is 12.0 Å². The van der Waals surface area contributed by atoms with Gasteiger partial charge in [0, 0.05) is 41.6 Å². The normalized spacial score (nSPS) is 47.9. The quantitative estimate of drug-likeness (QED) is 0.428. The zero-order chi connectivity index (χ0) is 27.6. The van der Waals surface area contributed by atoms with Crippen LogP contribution < -0.4 is 0 Å². The first kappa shape index (κ1) is 25.5. The second-order valence-corrected chi connectivity index (χ2v) is 13.3. The fourth-order valence-corrected chi connectivity index (χ4v) is 10.0. The van der Waals surface area contributed by atoms with E-state index in [1.165, 1.54) is 13.8 Å². The predicted octanol–water partition coefficient (Wildman–Crippen LogP) is 4.17. The molecule has 0 amide bonds. The first-order valence-electron chi connectivity index (χ1n) is 13.5. The van der Waals surface area contributed by atoms with Crippen LogP contribution in [0.2, 0.25) is 0 Å². The van der Waals surface area contributed by atoms with Crippen molar-refractivity contribution >= 4 is 23.5 Å². The Hall–Kier alpha value is -2.74. The van der Waals surface area contributed by atoms with Crippen molar-refractivity contribution in [2.24, 2.45) is 33.5 Å². The number of allylic oxidation sites excluding steroid dienone is 2. The zero-order valence-corrected chi connectivity index (χ0v) is 23.0. The zero-order valence-electron chi connectivity index (χ0n) is 23.0. The Morgan fingerprint density at radius 1 is 1.03 bits per heavy atom. The highest BCUT2D eigenvalue weighted by Gasteiger charge is 2.91. The van der Waals surface area contributed by atoms with Crippen LogP contribution in [0.15, 0.2) is 35.2 Å². The monoisotopic (exact) mass is 524 g/mol. The first-order chi connectivity index (χ1) is 17.7. The third kappa shape index (κ3) is 2.70. The smallest absolute Gasteiger partial charge is 0.303 e. The molecule has 10 atom stereocenters. The molecule has 6 rings (SSSR count). The number of esters is 2. The molecule has 204 valence electrons. The average molecular weight is 525 g/mol. The van der Waals surface area contributed by atoms with Crippen LogP contribution in [0, 0.1) is 33.5 Å². The molecule has 4 fully saturated rings. The summed E-state index contributed by atoms with van der Waals surface area (Å²) in [5.74, 6) is -2.07. The summed E-state index contributed by atoms with van der Waals surface area (Å²) >= 11 is 0. The van der Waals surface area contributed by atoms with E-state index < -0.39 is 69.3 Å². The Balaban J connectivity index is 1.61. The van der Waals surface area contributed by atoms with Gasteiger partial charge in [-0.2, -0.15) is 0 Å². The summed E-state index contributed by atoms with van der Waals surface area (Å²) < 4.78 is 24.1. The largest absolute Gasteiger partial charge is 0.472 e. The van der Waals surface area contributed by atoms with Gasteiger partial charge < -0.3 is 18.6 Å². The number of hydrogen-bond donors (Lipinski definition) is 0. The number of Topliss-reactive ketones (excluding diaryl/α,β-unsaturated/α-hetero) is 1. The van der Waals surface area contributed by atoms with E-state index in [2.05, 4.69) is 13.8 Å². The van der Waals surface area contributed by atoms with Gasteiger partial charge in [-0.05, 0) is 36.3 Å². The minimum Gasteiger partial charge on any atom is -0.472 e. The van der Waals surface area contributed by atoms with E-state index in [1.807, 2.05) is 32.9 Å². The van der Waals surface area contributed by atoms with E-state index in [0.29, 0.717) is 6.42 Å². The maximum absolute atomic E-state index is 13.9. The first-order valence-corrected chi connectivity index (χ1v) is 13.5. The van der Waals surface area contributed by atoms with Crippen LogP contribution in [-0.4, -0.2) is 47.4 Å². The summed E-state index contributed by atoms with van der Waals surface area (Å²) in [6.45, 7) is 12.7. The number of furan rings is 1. The third-order valence-corrected chi connectivity index (χ3v) is 11.2. The van der Waals surface area contributed by atoms with Gasteiger partial charge in [0.1, 0.15) is 23.9 Å². The molecule has 0 aromatic carbocycles. The summed E-state index contributed by atoms with van der Waals surface area (Å²) in [5, 5.41) is 0. The summed E-state index contributed by atoms with van der Waals surface area (Å²) in [5.41, 5.74) is -3.08. The number of ketones is 2. The molecule has 8 heteroatoms. The van der Waals surface area contributed by atoms with Crippen molar-refractivity contribution < 1.29 is 37.8 Å². The molecule has 1 saturated heterocycles. The Morgan fingerprint density at radius 2 is 1.71 bits per heavy atom. The van der Waals surface area contributed by atoms with Crippen LogP contribution in [-0.2, 0) is 33.4 Å². The molecule has 4 aliphatic carbocycles. The average Bonchev–Trinajstić information content (AvgIpc) is 3.30. The molecule has 0 radical (unpaired) electrons. The highest BCUT2D eigenvalue weighted by molar-refractivity contribution is 5.99. The summed E-state index contributed by atoms with van der Waals surface area (Å²) in [4.78, 5) is 52.4. The standard InChI is InChI=1S/C30H36O8/c1-15(31)36-22-23-26(3,4)19(33)9-11-27(23,5)18-8-12-28(6)20(17-10-13-35-14-17)21(34)24-30(28,38-24)29(18,7)25(22)37-16(2)32/h9-11,13-14,18,20,22-25H,8,12H2,1-7H3/t18-,20+,22+,23-,24+,25+,27+,28+,29-,30+/m0/s1. The molecule has 0 unspecified atom stereocenters. The van der Waals surface area contributed by atoms with Gasteiger partial charge in [0.25, 0.3) is 0 Å². The van der Waals surface area contributed by atoms with Crippen LogP contribution >= 0.6 is 0 Å². The fraction of sp³-hybridized carbons (Fsp3) is 0.667. The van der Waals surface area contributed by atoms with Gasteiger partial charge in [0.2, 0.25) is 0 Å². The minimum atomic E-state index is -0.937. The molecule has 0 N–H and O–H groups in total. The van der Waals surface area contributed by atoms with Crippen molar-refractivity contribution in [3.05, 3.63) is 36.3 Å². The second kappa shape index (κ2) is 7.46. The van der Waals surface area contributed by atoms with Crippen molar-refractivity contribution in [1.29, 1.82) is 0 Å². The van der Waals surface area contributed by atoms with E-state index in [4.69, 9.17) is 18.6 Å². The molecule has 38 heavy (non-hydrogen) atoms. The van der Waals surface area contributed by atoms with Gasteiger partial charge in [0.15, 0.2) is 11.6 Å². The third-order valence-electron chi connectivity index (χ3n) is 11.2. The second-order valence-electron chi connectivity index (χ2n) is 13.3. The van der Waals surface area contributed by atoms with E-state index in [-0.39, 0.29) is 17.5 Å². The molecule has 5 aliphatic rings. The number of fused-ring (bicyclic) bond motifs is 3. The maximum Gasteiger partial charge on any atom is 0.303 e. The van der Waals surface area contributed by atoms with E-state index in [1.54, 1.807) is 18.6 Å². The highest BCUT2D eigenvalue weighted by atomic mass is 16.6. The minimum absolute atomic E-state index is 0.00311. The highest BCUT2D eigenvalue weighted by Crippen LogP contribution is 2.81. The van der Waals surface area contributed by atoms with Gasteiger partial charge >= 0.3 is 11.9 Å². The van der Waals surface area contributed by atoms with Crippen LogP contribution in [0.3, 0.4) is 0 Å². The fourth-order valence-electron chi connectivity index (χ4n) is 10.0. The van der Waals surface area contributed by atoms with Crippen LogP contribution in [0.5, 0.6) is 0 Å². The lowest BCUT2D eigenvalue weighted by Gasteiger charge is -2.68. The molecular weight excluding hydrogens is 488 g/mol. The van der Waals surface area contributed by atoms with Gasteiger partial charge in [-0.1, -0.05) is 40.7 Å². The summed E-state index contributed by atoms with van der Waals surface area (Å²) in [7, 11) is 0. The predicted molar refractivity (Wildman–Crippen MR) is 134 cm³/mol. The molecule has 2 heterocycles. The molecule has 1 spiro atoms. The van der Waals surface area contributed by atoms with Crippen molar-refractivity contribution in [2.75, 3.05) is 0 Å². The van der Waals surface area contributed by atoms with Crippen molar-refractivity contribution in [1.82, 2.24) is 0 Å². The van der Waals surface area contributed by atoms with Crippen LogP contribution in [0.25, 0.3) is 0 Å². The Morgan fingerprint density at radius 3 is 2.32 bits per heavy atom. The molecule has 1 aromatic heterocycles. The Bertz CT molecular complexity index is 1280. The van der Waals surface area contributed by atoms with Gasteiger partial charge in [0.05, 0.1) is 18.4 Å². The molecule has 0 bridgehead atoms. The van der Waals surface area contributed by atoms with E-state index in [9.17, 15) is 19.2 Å². The van der Waals surface area contributed by atoms with Gasteiger partial charge in [-0.25, -0.2) is 0 Å². The van der Waals surface area contributed by atoms with Crippen molar-refractivity contribution in [3.8, 4) is 0 Å². The van der Waals surface area contributed by atoms with E-state index >= 15 is 0 Å². The molecular formula is C30H36O8. The van der Waals surface area contributed by atoms with Crippen LogP contribution in [0.4, 0.5) is 0 Å².